The van der Waals surface area contributed by atoms with Crippen LogP contribution in [0.5, 0.6) is 5.75 Å². The molecule has 0 radical (unpaired) electrons. The highest BCUT2D eigenvalue weighted by molar-refractivity contribution is 9.10. The fourth-order valence-electron chi connectivity index (χ4n) is 1.31. The van der Waals surface area contributed by atoms with Crippen molar-refractivity contribution in [2.24, 2.45) is 0 Å². The minimum Gasteiger partial charge on any atom is -0.507 e. The van der Waals surface area contributed by atoms with E-state index in [9.17, 15) is 13.5 Å². The molecule has 0 atom stereocenters. The van der Waals surface area contributed by atoms with Crippen molar-refractivity contribution in [1.82, 2.24) is 10.1 Å². The van der Waals surface area contributed by atoms with Crippen molar-refractivity contribution in [3.8, 4) is 17.2 Å². The maximum atomic E-state index is 11.1. The summed E-state index contributed by atoms with van der Waals surface area (Å²) in [5, 5.41) is 13.1. The van der Waals surface area contributed by atoms with E-state index in [0.717, 1.165) is 6.26 Å². The minimum absolute atomic E-state index is 0.0374. The number of nitrogens with zero attached hydrogens (tertiary/aromatic N) is 2. The highest BCUT2D eigenvalue weighted by Crippen LogP contribution is 2.28. The highest BCUT2D eigenvalue weighted by Gasteiger charge is 2.14. The van der Waals surface area contributed by atoms with Gasteiger partial charge in [-0.3, -0.25) is 0 Å². The third-order valence-electron chi connectivity index (χ3n) is 2.05. The number of halogens is 1. The van der Waals surface area contributed by atoms with Crippen LogP contribution < -0.4 is 0 Å². The topological polar surface area (TPSA) is 93.3 Å². The van der Waals surface area contributed by atoms with Gasteiger partial charge in [0.2, 0.25) is 0 Å². The quantitative estimate of drug-likeness (QED) is 0.920. The third-order valence-corrected chi connectivity index (χ3v) is 3.51. The summed E-state index contributed by atoms with van der Waals surface area (Å²) in [5.41, 5.74) is 0.517. The van der Waals surface area contributed by atoms with Crippen LogP contribution in [0.4, 0.5) is 0 Å². The van der Waals surface area contributed by atoms with Crippen LogP contribution in [0, 0.1) is 0 Å². The van der Waals surface area contributed by atoms with Crippen LogP contribution in [0.3, 0.4) is 0 Å². The molecule has 6 nitrogen and oxygen atoms in total. The number of phenolic OH excluding ortho intramolecular Hbond substituents is 1. The minimum atomic E-state index is -3.20. The second kappa shape index (κ2) is 4.69. The molecule has 0 fully saturated rings. The summed E-state index contributed by atoms with van der Waals surface area (Å²) in [6.45, 7) is 0. The fourth-order valence-corrected chi connectivity index (χ4v) is 2.14. The van der Waals surface area contributed by atoms with Crippen LogP contribution in [0.15, 0.2) is 27.2 Å². The predicted molar refractivity (Wildman–Crippen MR) is 67.6 cm³/mol. The predicted octanol–water partition coefficient (Wildman–Crippen LogP) is 1.75. The van der Waals surface area contributed by atoms with Crippen LogP contribution in [0.25, 0.3) is 11.5 Å². The van der Waals surface area contributed by atoms with Crippen LogP contribution in [-0.4, -0.2) is 29.9 Å². The molecule has 2 rings (SSSR count). The van der Waals surface area contributed by atoms with Gasteiger partial charge in [-0.1, -0.05) is 5.16 Å². The second-order valence-electron chi connectivity index (χ2n) is 3.75. The molecule has 2 aromatic rings. The first-order chi connectivity index (χ1) is 8.35. The molecular formula is C10H9BrN2O4S. The fraction of sp³-hybridized carbons (Fsp3) is 0.200. The summed E-state index contributed by atoms with van der Waals surface area (Å²) in [5.74, 6) is 0.0145. The van der Waals surface area contributed by atoms with Crippen molar-refractivity contribution in [2.45, 2.75) is 5.75 Å². The molecule has 0 unspecified atom stereocenters. The van der Waals surface area contributed by atoms with E-state index < -0.39 is 9.84 Å². The lowest BCUT2D eigenvalue weighted by atomic mass is 10.2. The molecule has 96 valence electrons. The van der Waals surface area contributed by atoms with Gasteiger partial charge < -0.3 is 9.63 Å². The Kier molecular flexibility index (Phi) is 3.40. The molecule has 0 aliphatic heterocycles. The molecule has 0 aliphatic rings. The summed E-state index contributed by atoms with van der Waals surface area (Å²) in [6.07, 6.45) is 1.09. The number of benzene rings is 1. The summed E-state index contributed by atoms with van der Waals surface area (Å²) in [7, 11) is -3.20. The second-order valence-corrected chi connectivity index (χ2v) is 6.75. The molecule has 0 spiro atoms. The Labute approximate surface area is 112 Å². The molecule has 1 N–H and O–H groups in total. The maximum absolute atomic E-state index is 11.1. The Morgan fingerprint density at radius 3 is 2.78 bits per heavy atom. The van der Waals surface area contributed by atoms with Gasteiger partial charge in [-0.15, -0.1) is 0 Å². The zero-order valence-electron chi connectivity index (χ0n) is 9.29. The van der Waals surface area contributed by atoms with Crippen LogP contribution in [0.1, 0.15) is 5.82 Å². The zero-order valence-corrected chi connectivity index (χ0v) is 11.7. The normalized spacial score (nSPS) is 11.7. The van der Waals surface area contributed by atoms with Crippen molar-refractivity contribution in [1.29, 1.82) is 0 Å². The third kappa shape index (κ3) is 3.08. The molecular weight excluding hydrogens is 324 g/mol. The first kappa shape index (κ1) is 13.0. The van der Waals surface area contributed by atoms with Crippen LogP contribution in [0.2, 0.25) is 0 Å². The average Bonchev–Trinajstić information content (AvgIpc) is 2.68. The van der Waals surface area contributed by atoms with E-state index >= 15 is 0 Å². The molecule has 0 saturated heterocycles. The van der Waals surface area contributed by atoms with E-state index in [1.165, 1.54) is 6.07 Å². The van der Waals surface area contributed by atoms with Gasteiger partial charge in [-0.2, -0.15) is 4.98 Å². The maximum Gasteiger partial charge on any atom is 0.258 e. The van der Waals surface area contributed by atoms with E-state index in [4.69, 9.17) is 4.52 Å². The lowest BCUT2D eigenvalue weighted by Gasteiger charge is -1.98. The van der Waals surface area contributed by atoms with Gasteiger partial charge in [0.25, 0.3) is 5.89 Å². The summed E-state index contributed by atoms with van der Waals surface area (Å²) >= 11 is 3.15. The molecule has 1 heterocycles. The van der Waals surface area contributed by atoms with Gasteiger partial charge >= 0.3 is 0 Å². The van der Waals surface area contributed by atoms with E-state index in [1.54, 1.807) is 12.1 Å². The van der Waals surface area contributed by atoms with Crippen molar-refractivity contribution < 1.29 is 18.0 Å². The van der Waals surface area contributed by atoms with Crippen molar-refractivity contribution in [3.05, 3.63) is 28.5 Å². The number of aromatic nitrogens is 2. The monoisotopic (exact) mass is 332 g/mol. The van der Waals surface area contributed by atoms with Crippen molar-refractivity contribution in [2.75, 3.05) is 6.26 Å². The average molecular weight is 333 g/mol. The molecule has 0 bridgehead atoms. The Balaban J connectivity index is 2.32. The van der Waals surface area contributed by atoms with E-state index in [0.29, 0.717) is 10.0 Å². The van der Waals surface area contributed by atoms with Crippen LogP contribution >= 0.6 is 15.9 Å². The number of aromatic hydroxyl groups is 1. The number of rotatable bonds is 3. The van der Waals surface area contributed by atoms with Gasteiger partial charge in [0.15, 0.2) is 15.7 Å². The molecule has 0 saturated carbocycles. The smallest absolute Gasteiger partial charge is 0.258 e. The lowest BCUT2D eigenvalue weighted by molar-refractivity contribution is 0.423. The summed E-state index contributed by atoms with van der Waals surface area (Å²) in [4.78, 5) is 3.95. The molecule has 0 amide bonds. The van der Waals surface area contributed by atoms with Crippen molar-refractivity contribution in [3.63, 3.8) is 0 Å². The first-order valence-electron chi connectivity index (χ1n) is 4.84. The van der Waals surface area contributed by atoms with E-state index in [2.05, 4.69) is 26.1 Å². The Hall–Kier alpha value is -1.41. The van der Waals surface area contributed by atoms with E-state index in [1.807, 2.05) is 0 Å². The molecule has 8 heteroatoms. The standard InChI is InChI=1S/C10H9BrN2O4S/c1-18(15,16)5-9-12-10(17-13-9)6-2-3-7(11)8(14)4-6/h2-4,14H,5H2,1H3. The van der Waals surface area contributed by atoms with E-state index in [-0.39, 0.29) is 23.2 Å². The van der Waals surface area contributed by atoms with Crippen LogP contribution in [-0.2, 0) is 15.6 Å². The number of phenols is 1. The van der Waals surface area contributed by atoms with Gasteiger partial charge in [-0.25, -0.2) is 8.42 Å². The Bertz CT molecular complexity index is 681. The molecule has 1 aromatic heterocycles. The number of hydrogen-bond donors (Lipinski definition) is 1. The zero-order chi connectivity index (χ0) is 13.3. The number of sulfone groups is 1. The first-order valence-corrected chi connectivity index (χ1v) is 7.70. The Morgan fingerprint density at radius 1 is 1.44 bits per heavy atom. The largest absolute Gasteiger partial charge is 0.507 e. The van der Waals surface area contributed by atoms with Gasteiger partial charge in [0.1, 0.15) is 11.5 Å². The van der Waals surface area contributed by atoms with Gasteiger partial charge in [-0.05, 0) is 34.1 Å². The Morgan fingerprint density at radius 2 is 2.17 bits per heavy atom. The summed E-state index contributed by atoms with van der Waals surface area (Å²) in [6, 6.07) is 4.74. The number of hydrogen-bond acceptors (Lipinski definition) is 6. The molecule has 18 heavy (non-hydrogen) atoms. The molecule has 0 aliphatic carbocycles. The van der Waals surface area contributed by atoms with Gasteiger partial charge in [0.05, 0.1) is 4.47 Å². The lowest BCUT2D eigenvalue weighted by Crippen LogP contribution is -2.02. The SMILES string of the molecule is CS(=O)(=O)Cc1noc(-c2ccc(Br)c(O)c2)n1. The highest BCUT2D eigenvalue weighted by atomic mass is 79.9. The summed E-state index contributed by atoms with van der Waals surface area (Å²) < 4.78 is 27.6. The molecule has 1 aromatic carbocycles. The van der Waals surface area contributed by atoms with Gasteiger partial charge in [0, 0.05) is 11.8 Å². The van der Waals surface area contributed by atoms with Crippen molar-refractivity contribution >= 4 is 25.8 Å².